The Morgan fingerprint density at radius 3 is 2.29 bits per heavy atom. The van der Waals surface area contributed by atoms with Gasteiger partial charge in [0, 0.05) is 44.9 Å². The van der Waals surface area contributed by atoms with E-state index in [0.29, 0.717) is 51.0 Å². The highest BCUT2D eigenvalue weighted by atomic mass is 16.7. The molecule has 62 heavy (non-hydrogen) atoms. The van der Waals surface area contributed by atoms with Gasteiger partial charge in [0.25, 0.3) is 0 Å². The first-order valence-electron chi connectivity index (χ1n) is 20.5. The molecule has 5 rings (SSSR count). The van der Waals surface area contributed by atoms with Gasteiger partial charge in [-0.2, -0.15) is 0 Å². The summed E-state index contributed by atoms with van der Waals surface area (Å²) in [4.78, 5) is 49.7. The van der Waals surface area contributed by atoms with Gasteiger partial charge < -0.3 is 39.0 Å². The Morgan fingerprint density at radius 1 is 1.00 bits per heavy atom. The Kier molecular flexibility index (Phi) is 23.6. The van der Waals surface area contributed by atoms with Crippen molar-refractivity contribution in [3.05, 3.63) is 30.6 Å². The number of carbonyl (C=O) groups excluding carboxylic acids is 3. The fourth-order valence-electron chi connectivity index (χ4n) is 8.75. The summed E-state index contributed by atoms with van der Waals surface area (Å²) in [6.07, 6.45) is 1.85. The first-order valence-corrected chi connectivity index (χ1v) is 20.5. The van der Waals surface area contributed by atoms with Gasteiger partial charge >= 0.3 is 12.1 Å². The van der Waals surface area contributed by atoms with Crippen molar-refractivity contribution < 1.29 is 43.2 Å². The van der Waals surface area contributed by atoms with Gasteiger partial charge in [-0.1, -0.05) is 62.3 Å². The van der Waals surface area contributed by atoms with Crippen molar-refractivity contribution in [3.63, 3.8) is 0 Å². The number of methoxy groups -OCH3 is 1. The molecule has 1 amide bonds. The molecule has 3 aliphatic heterocycles. The lowest BCUT2D eigenvalue weighted by Crippen LogP contribution is -2.61. The van der Waals surface area contributed by atoms with E-state index in [4.69, 9.17) is 23.7 Å². The number of unbranched alkanes of at least 4 members (excludes halogenated alkanes) is 1. The summed E-state index contributed by atoms with van der Waals surface area (Å²) >= 11 is 0. The van der Waals surface area contributed by atoms with Gasteiger partial charge in [0.05, 0.1) is 35.7 Å². The lowest BCUT2D eigenvalue weighted by molar-refractivity contribution is -0.289. The van der Waals surface area contributed by atoms with Crippen LogP contribution in [0.25, 0.3) is 11.4 Å². The van der Waals surface area contributed by atoms with E-state index in [1.54, 1.807) is 22.9 Å². The predicted molar refractivity (Wildman–Crippen MR) is 244 cm³/mol. The van der Waals surface area contributed by atoms with Gasteiger partial charge in [0.2, 0.25) is 0 Å². The van der Waals surface area contributed by atoms with Crippen molar-refractivity contribution in [2.75, 3.05) is 34.3 Å². The van der Waals surface area contributed by atoms with E-state index >= 15 is 0 Å². The monoisotopic (exact) mass is 880 g/mol. The zero-order chi connectivity index (χ0) is 41.7. The second-order valence-corrected chi connectivity index (χ2v) is 16.9. The Labute approximate surface area is 374 Å². The van der Waals surface area contributed by atoms with Crippen molar-refractivity contribution in [2.45, 2.75) is 191 Å². The highest BCUT2D eigenvalue weighted by Crippen LogP contribution is 2.39. The molecule has 0 aliphatic carbocycles. The Balaban J connectivity index is 0.00000744. The molecule has 3 aliphatic rings. The number of cyclic esters (lactones) is 1. The molecular formula is C46H85N7O9. The molecule has 5 heterocycles. The largest absolute Gasteiger partial charge is 0.458 e. The van der Waals surface area contributed by atoms with Crippen LogP contribution < -0.4 is 5.32 Å². The lowest BCUT2D eigenvalue weighted by Gasteiger charge is -2.45. The van der Waals surface area contributed by atoms with Crippen LogP contribution in [0.2, 0.25) is 0 Å². The number of hydrogen-bond donors (Lipinski definition) is 2. The Morgan fingerprint density at radius 2 is 1.68 bits per heavy atom. The molecule has 3 unspecified atom stereocenters. The fraction of sp³-hybridized carbons (Fsp3) is 0.783. The van der Waals surface area contributed by atoms with E-state index in [0.717, 1.165) is 12.1 Å². The smallest absolute Gasteiger partial charge is 0.410 e. The average Bonchev–Trinajstić information content (AvgIpc) is 3.76. The number of aliphatic hydroxyl groups is 1. The quantitative estimate of drug-likeness (QED) is 0.133. The molecule has 0 bridgehead atoms. The number of rotatable bonds is 11. The number of pyridine rings is 1. The number of likely N-dealkylation sites (N-methyl/N-ethyl adjacent to an activating group) is 1. The Bertz CT molecular complexity index is 1650. The molecule has 16 heteroatoms. The van der Waals surface area contributed by atoms with E-state index in [9.17, 15) is 19.5 Å². The minimum absolute atomic E-state index is 0. The summed E-state index contributed by atoms with van der Waals surface area (Å²) in [6.45, 7) is 14.7. The summed E-state index contributed by atoms with van der Waals surface area (Å²) < 4.78 is 33.0. The third-order valence-corrected chi connectivity index (χ3v) is 12.2. The van der Waals surface area contributed by atoms with Crippen LogP contribution >= 0.6 is 0 Å². The predicted octanol–water partition coefficient (Wildman–Crippen LogP) is 7.03. The molecule has 16 nitrogen and oxygen atoms in total. The van der Waals surface area contributed by atoms with Gasteiger partial charge in [-0.15, -0.1) is 5.10 Å². The lowest BCUT2D eigenvalue weighted by atomic mass is 9.83. The number of ether oxygens (including phenoxy) is 5. The first-order chi connectivity index (χ1) is 27.0. The van der Waals surface area contributed by atoms with E-state index < -0.39 is 65.6 Å². The van der Waals surface area contributed by atoms with Gasteiger partial charge in [-0.3, -0.25) is 24.2 Å². The average molecular weight is 880 g/mol. The molecule has 0 radical (unpaired) electrons. The minimum Gasteiger partial charge on any atom is -0.458 e. The maximum atomic E-state index is 14.0. The van der Waals surface area contributed by atoms with Crippen molar-refractivity contribution >= 4 is 17.8 Å². The van der Waals surface area contributed by atoms with Crippen LogP contribution in [0.15, 0.2) is 30.6 Å². The molecule has 0 aromatic carbocycles. The van der Waals surface area contributed by atoms with Gasteiger partial charge in [-0.05, 0) is 105 Å². The number of amides is 1. The molecule has 0 saturated carbocycles. The van der Waals surface area contributed by atoms with E-state index in [2.05, 4.69) is 27.5 Å². The van der Waals surface area contributed by atoms with Gasteiger partial charge in [0.1, 0.15) is 29.6 Å². The van der Waals surface area contributed by atoms with E-state index in [-0.39, 0.29) is 67.7 Å². The van der Waals surface area contributed by atoms with E-state index in [1.165, 1.54) is 6.92 Å². The van der Waals surface area contributed by atoms with Crippen LogP contribution in [0.3, 0.4) is 0 Å². The van der Waals surface area contributed by atoms with Gasteiger partial charge in [0.15, 0.2) is 11.9 Å². The number of ketones is 1. The fourth-order valence-corrected chi connectivity index (χ4v) is 8.75. The summed E-state index contributed by atoms with van der Waals surface area (Å²) in [7, 11) is 5.38. The molecule has 358 valence electrons. The number of nitrogens with zero attached hydrogens (tertiary/aromatic N) is 6. The van der Waals surface area contributed by atoms with Crippen LogP contribution in [0, 0.1) is 11.8 Å². The zero-order valence-corrected chi connectivity index (χ0v) is 35.4. The Hall–Kier alpha value is -3.54. The molecule has 3 fully saturated rings. The number of fused-ring (bicyclic) bond motifs is 1. The molecule has 2 aromatic heterocycles. The molecule has 3 saturated heterocycles. The number of nitrogens with one attached hydrogen (secondary N) is 1. The summed E-state index contributed by atoms with van der Waals surface area (Å²) in [5.41, 5.74) is -0.795. The number of Topliss-reactive ketones (excluding diaryl/α,β-unsaturated/α-hetero) is 1. The van der Waals surface area contributed by atoms with E-state index in [1.807, 2.05) is 78.0 Å². The minimum atomic E-state index is -1.22. The second kappa shape index (κ2) is 25.1. The normalized spacial score (nSPS) is 33.1. The van der Waals surface area contributed by atoms with Crippen LogP contribution in [-0.4, -0.2) is 147 Å². The number of aliphatic hydroxyl groups excluding tert-OH is 1. The van der Waals surface area contributed by atoms with Crippen LogP contribution in [0.4, 0.5) is 4.79 Å². The van der Waals surface area contributed by atoms with Crippen LogP contribution in [-0.2, 0) is 39.8 Å². The highest BCUT2D eigenvalue weighted by molar-refractivity contribution is 5.99. The summed E-state index contributed by atoms with van der Waals surface area (Å²) in [5, 5.41) is 23.5. The zero-order valence-electron chi connectivity index (χ0n) is 35.4. The maximum Gasteiger partial charge on any atom is 0.410 e. The summed E-state index contributed by atoms with van der Waals surface area (Å²) in [6, 6.07) is 4.63. The maximum absolute atomic E-state index is 14.0. The standard InChI is InChI=1S/C41H65N7O9.5CH4/c1-11-33-41(7)36(48(39(52)57-41)19-15-14-18-47-24-30(44-45-47)29-16-12-13-17-42-29)28(5)43-23-25(2)22-40(6,53-10)34(21-32(49)27(4)37(51)55-33)56-38-35(50)31(46(8)9)20-26(3)54-38;;;;;/h12-13,16-17,24-28,31,33-36,38,43,50H,11,14-15,18-23H2,1-10H3;5*1H4/t25-,26?,27-,28-,31?,33-,34-,35?,36-,38+,40-,41-;;;;;/m1...../s1. The van der Waals surface area contributed by atoms with Crippen molar-refractivity contribution in [3.8, 4) is 11.4 Å². The topological polar surface area (TPSA) is 180 Å². The third-order valence-electron chi connectivity index (χ3n) is 12.2. The molecule has 2 N–H and O–H groups in total. The third kappa shape index (κ3) is 13.3. The summed E-state index contributed by atoms with van der Waals surface area (Å²) in [5.74, 6) is -2.26. The number of carbonyl (C=O) groups is 3. The molecule has 12 atom stereocenters. The number of aryl methyl sites for hydroxylation is 1. The number of esters is 1. The van der Waals surface area contributed by atoms with Crippen molar-refractivity contribution in [1.29, 1.82) is 0 Å². The van der Waals surface area contributed by atoms with Crippen molar-refractivity contribution in [2.24, 2.45) is 11.8 Å². The van der Waals surface area contributed by atoms with Crippen molar-refractivity contribution in [1.82, 2.24) is 35.1 Å². The van der Waals surface area contributed by atoms with Crippen LogP contribution in [0.5, 0.6) is 0 Å². The number of hydrogen-bond acceptors (Lipinski definition) is 14. The molecule has 0 spiro atoms. The van der Waals surface area contributed by atoms with Gasteiger partial charge in [-0.25, -0.2) is 4.79 Å². The molecule has 2 aromatic rings. The van der Waals surface area contributed by atoms with Crippen LogP contribution in [0.1, 0.15) is 124 Å². The number of aromatic nitrogens is 4. The first kappa shape index (κ1) is 58.5. The highest BCUT2D eigenvalue weighted by Gasteiger charge is 2.58. The SMILES string of the molecule is C.C.C.C.C.CC[C@H]1OC(=O)[C@H](C)C(=O)C[C@@H](O[C@@H]2OC(C)CC(N(C)C)C2O)[C@](C)(OC)C[C@@H](C)CN[C@H](C)[C@H]2N(CCCCn3cc(-c4ccccn4)nn3)C(=O)O[C@]12C. The second-order valence-electron chi connectivity index (χ2n) is 16.9. The molecular weight excluding hydrogens is 795 g/mol.